The van der Waals surface area contributed by atoms with Crippen molar-refractivity contribution >= 4 is 23.2 Å². The number of aromatic nitrogens is 2. The largest absolute Gasteiger partial charge is 0.340 e. The van der Waals surface area contributed by atoms with Crippen LogP contribution in [0.1, 0.15) is 19.5 Å². The quantitative estimate of drug-likeness (QED) is 0.378. The van der Waals surface area contributed by atoms with Gasteiger partial charge in [0, 0.05) is 55.4 Å². The van der Waals surface area contributed by atoms with Gasteiger partial charge in [-0.15, -0.1) is 0 Å². The molecule has 1 aliphatic heterocycles. The second kappa shape index (κ2) is 9.61. The van der Waals surface area contributed by atoms with Gasteiger partial charge < -0.3 is 9.30 Å². The number of amides is 1. The highest BCUT2D eigenvalue weighted by atomic mass is 35.5. The summed E-state index contributed by atoms with van der Waals surface area (Å²) in [7, 11) is 0. The number of carbonyl (C=O) groups is 1. The third-order valence-electron chi connectivity index (χ3n) is 6.49. The molecule has 5 rings (SSSR count). The molecule has 174 valence electrons. The number of halogens is 1. The number of fused-ring (bicyclic) bond motifs is 1. The van der Waals surface area contributed by atoms with Gasteiger partial charge >= 0.3 is 0 Å². The van der Waals surface area contributed by atoms with Gasteiger partial charge in [0.25, 0.3) is 0 Å². The number of piperazine rings is 1. The minimum atomic E-state index is 0.0400. The summed E-state index contributed by atoms with van der Waals surface area (Å²) in [5.41, 5.74) is 6.44. The Morgan fingerprint density at radius 1 is 0.882 bits per heavy atom. The summed E-state index contributed by atoms with van der Waals surface area (Å²) in [6, 6.07) is 22.5. The molecule has 0 bridgehead atoms. The monoisotopic (exact) mass is 472 g/mol. The summed E-state index contributed by atoms with van der Waals surface area (Å²) in [5.74, 6) is 0.280. The van der Waals surface area contributed by atoms with E-state index in [1.165, 1.54) is 5.56 Å². The lowest BCUT2D eigenvalue weighted by molar-refractivity contribution is -0.136. The summed E-state index contributed by atoms with van der Waals surface area (Å²) in [6.45, 7) is 7.93. The van der Waals surface area contributed by atoms with Crippen LogP contribution in [0.25, 0.3) is 28.0 Å². The van der Waals surface area contributed by atoms with E-state index in [9.17, 15) is 4.79 Å². The topological polar surface area (TPSA) is 40.9 Å². The second-order valence-corrected chi connectivity index (χ2v) is 9.62. The predicted molar refractivity (Wildman–Crippen MR) is 138 cm³/mol. The Morgan fingerprint density at radius 2 is 1.56 bits per heavy atom. The Morgan fingerprint density at radius 3 is 2.24 bits per heavy atom. The molecule has 1 aliphatic rings. The van der Waals surface area contributed by atoms with E-state index < -0.39 is 0 Å². The molecular formula is C28H29ClN4O. The molecule has 2 aromatic heterocycles. The Labute approximate surface area is 205 Å². The lowest BCUT2D eigenvalue weighted by atomic mass is 10.1. The van der Waals surface area contributed by atoms with Gasteiger partial charge in [-0.2, -0.15) is 0 Å². The number of hydrogen-bond acceptors (Lipinski definition) is 3. The van der Waals surface area contributed by atoms with E-state index in [-0.39, 0.29) is 11.8 Å². The molecule has 0 aliphatic carbocycles. The van der Waals surface area contributed by atoms with Crippen molar-refractivity contribution in [2.24, 2.45) is 5.92 Å². The molecule has 0 unspecified atom stereocenters. The Balaban J connectivity index is 1.50. The predicted octanol–water partition coefficient (Wildman–Crippen LogP) is 5.62. The van der Waals surface area contributed by atoms with Gasteiger partial charge in [0.05, 0.1) is 11.4 Å². The van der Waals surface area contributed by atoms with Crippen LogP contribution in [0.15, 0.2) is 72.9 Å². The smallest absolute Gasteiger partial charge is 0.225 e. The number of hydrogen-bond donors (Lipinski definition) is 0. The van der Waals surface area contributed by atoms with Crippen molar-refractivity contribution < 1.29 is 4.79 Å². The van der Waals surface area contributed by atoms with Crippen molar-refractivity contribution in [1.29, 1.82) is 0 Å². The number of imidazole rings is 1. The van der Waals surface area contributed by atoms with E-state index in [1.54, 1.807) is 0 Å². The third kappa shape index (κ3) is 4.59. The highest BCUT2D eigenvalue weighted by Crippen LogP contribution is 2.29. The maximum atomic E-state index is 12.4. The molecule has 0 atom stereocenters. The summed E-state index contributed by atoms with van der Waals surface area (Å²) >= 11 is 6.16. The van der Waals surface area contributed by atoms with Crippen LogP contribution in [0.3, 0.4) is 0 Å². The molecule has 5 nitrogen and oxygen atoms in total. The molecule has 0 radical (unpaired) electrons. The first-order valence-corrected chi connectivity index (χ1v) is 12.2. The van der Waals surface area contributed by atoms with E-state index in [4.69, 9.17) is 16.6 Å². The third-order valence-corrected chi connectivity index (χ3v) is 6.75. The van der Waals surface area contributed by atoms with Crippen molar-refractivity contribution in [3.63, 3.8) is 0 Å². The number of pyridine rings is 1. The standard InChI is InChI=1S/C28H29ClN4O/c1-20(2)28(34)32-16-14-31(15-17-32)19-25-27(22-8-11-24(29)12-9-22)30-26-13-10-23(18-33(25)26)21-6-4-3-5-7-21/h3-13,18,20H,14-17,19H2,1-2H3. The lowest BCUT2D eigenvalue weighted by Gasteiger charge is -2.35. The molecule has 4 aromatic rings. The average Bonchev–Trinajstić information content (AvgIpc) is 3.22. The zero-order valence-corrected chi connectivity index (χ0v) is 20.4. The van der Waals surface area contributed by atoms with E-state index in [0.29, 0.717) is 5.02 Å². The van der Waals surface area contributed by atoms with Crippen LogP contribution in [0.4, 0.5) is 0 Å². The molecule has 1 saturated heterocycles. The van der Waals surface area contributed by atoms with E-state index in [2.05, 4.69) is 51.9 Å². The Kier molecular flexibility index (Phi) is 6.40. The molecule has 6 heteroatoms. The van der Waals surface area contributed by atoms with Crippen LogP contribution in [-0.2, 0) is 11.3 Å². The maximum Gasteiger partial charge on any atom is 0.225 e. The first-order valence-electron chi connectivity index (χ1n) is 11.8. The minimum absolute atomic E-state index is 0.0400. The zero-order chi connectivity index (χ0) is 23.7. The molecule has 0 saturated carbocycles. The normalized spacial score (nSPS) is 14.8. The number of rotatable bonds is 5. The molecule has 3 heterocycles. The highest BCUT2D eigenvalue weighted by Gasteiger charge is 2.25. The van der Waals surface area contributed by atoms with Crippen LogP contribution >= 0.6 is 11.6 Å². The molecule has 2 aromatic carbocycles. The molecule has 1 fully saturated rings. The van der Waals surface area contributed by atoms with E-state index in [1.807, 2.05) is 49.1 Å². The summed E-state index contributed by atoms with van der Waals surface area (Å²) in [5, 5.41) is 0.714. The number of nitrogens with zero attached hydrogens (tertiary/aromatic N) is 4. The van der Waals surface area contributed by atoms with Gasteiger partial charge in [-0.1, -0.05) is 67.9 Å². The van der Waals surface area contributed by atoms with Crippen molar-refractivity contribution in [2.75, 3.05) is 26.2 Å². The first kappa shape index (κ1) is 22.6. The second-order valence-electron chi connectivity index (χ2n) is 9.18. The van der Waals surface area contributed by atoms with Gasteiger partial charge in [-0.05, 0) is 35.4 Å². The van der Waals surface area contributed by atoms with Crippen molar-refractivity contribution in [3.05, 3.63) is 83.6 Å². The van der Waals surface area contributed by atoms with Gasteiger partial charge in [0.2, 0.25) is 5.91 Å². The van der Waals surface area contributed by atoms with Gasteiger partial charge in [-0.25, -0.2) is 4.98 Å². The molecule has 0 spiro atoms. The van der Waals surface area contributed by atoms with Crippen LogP contribution in [0.5, 0.6) is 0 Å². The first-order chi connectivity index (χ1) is 16.5. The fourth-order valence-corrected chi connectivity index (χ4v) is 4.71. The lowest BCUT2D eigenvalue weighted by Crippen LogP contribution is -2.49. The summed E-state index contributed by atoms with van der Waals surface area (Å²) in [4.78, 5) is 21.8. The molecular weight excluding hydrogens is 444 g/mol. The van der Waals surface area contributed by atoms with Crippen LogP contribution < -0.4 is 0 Å². The molecule has 0 N–H and O–H groups in total. The van der Waals surface area contributed by atoms with E-state index in [0.717, 1.165) is 60.9 Å². The van der Waals surface area contributed by atoms with Crippen molar-refractivity contribution in [2.45, 2.75) is 20.4 Å². The van der Waals surface area contributed by atoms with Crippen molar-refractivity contribution in [3.8, 4) is 22.4 Å². The highest BCUT2D eigenvalue weighted by molar-refractivity contribution is 6.30. The zero-order valence-electron chi connectivity index (χ0n) is 19.6. The summed E-state index contributed by atoms with van der Waals surface area (Å²) < 4.78 is 2.22. The number of carbonyl (C=O) groups excluding carboxylic acids is 1. The fourth-order valence-electron chi connectivity index (χ4n) is 4.59. The van der Waals surface area contributed by atoms with Gasteiger partial charge in [0.15, 0.2) is 0 Å². The van der Waals surface area contributed by atoms with Crippen molar-refractivity contribution in [1.82, 2.24) is 19.2 Å². The maximum absolute atomic E-state index is 12.4. The fraction of sp³-hybridized carbons (Fsp3) is 0.286. The summed E-state index contributed by atoms with van der Waals surface area (Å²) in [6.07, 6.45) is 2.19. The van der Waals surface area contributed by atoms with Crippen LogP contribution in [0, 0.1) is 5.92 Å². The van der Waals surface area contributed by atoms with Crippen LogP contribution in [0.2, 0.25) is 5.02 Å². The van der Waals surface area contributed by atoms with Crippen LogP contribution in [-0.4, -0.2) is 51.3 Å². The Hall–Kier alpha value is -3.15. The molecule has 1 amide bonds. The number of benzene rings is 2. The SMILES string of the molecule is CC(C)C(=O)N1CCN(Cc2c(-c3ccc(Cl)cc3)nc3ccc(-c4ccccc4)cn23)CC1. The van der Waals surface area contributed by atoms with E-state index >= 15 is 0 Å². The average molecular weight is 473 g/mol. The van der Waals surface area contributed by atoms with Gasteiger partial charge in [0.1, 0.15) is 5.65 Å². The minimum Gasteiger partial charge on any atom is -0.340 e. The Bertz CT molecular complexity index is 1290. The molecule has 34 heavy (non-hydrogen) atoms. The van der Waals surface area contributed by atoms with Gasteiger partial charge in [-0.3, -0.25) is 9.69 Å².